The molecule has 0 spiro atoms. The molecule has 2 N–H and O–H groups in total. The van der Waals surface area contributed by atoms with Crippen LogP contribution in [0, 0.1) is 0 Å². The molecule has 0 aliphatic carbocycles. The van der Waals surface area contributed by atoms with Crippen LogP contribution in [-0.2, 0) is 21.2 Å². The summed E-state index contributed by atoms with van der Waals surface area (Å²) in [4.78, 5) is 12.2. The van der Waals surface area contributed by atoms with Crippen LogP contribution < -0.4 is 14.8 Å². The van der Waals surface area contributed by atoms with Gasteiger partial charge in [-0.05, 0) is 42.7 Å². The van der Waals surface area contributed by atoms with Crippen molar-refractivity contribution >= 4 is 21.6 Å². The molecule has 0 radical (unpaired) electrons. The number of amides is 1. The SMILES string of the molecule is COc1ccc(CCC(=O)NC(C)c2ccccc2NS(C)(=O)=O)cc1. The largest absolute Gasteiger partial charge is 0.497 e. The minimum atomic E-state index is -3.39. The molecule has 0 fully saturated rings. The molecule has 140 valence electrons. The van der Waals surface area contributed by atoms with Crippen molar-refractivity contribution < 1.29 is 17.9 Å². The van der Waals surface area contributed by atoms with E-state index in [4.69, 9.17) is 4.74 Å². The summed E-state index contributed by atoms with van der Waals surface area (Å²) >= 11 is 0. The smallest absolute Gasteiger partial charge is 0.229 e. The monoisotopic (exact) mass is 376 g/mol. The Bertz CT molecular complexity index is 848. The van der Waals surface area contributed by atoms with E-state index in [-0.39, 0.29) is 11.9 Å². The fourth-order valence-electron chi connectivity index (χ4n) is 2.61. The number of carbonyl (C=O) groups is 1. The lowest BCUT2D eigenvalue weighted by atomic mass is 10.1. The van der Waals surface area contributed by atoms with Crippen LogP contribution in [0.5, 0.6) is 5.75 Å². The lowest BCUT2D eigenvalue weighted by molar-refractivity contribution is -0.121. The minimum absolute atomic E-state index is 0.0949. The molecule has 0 saturated carbocycles. The summed E-state index contributed by atoms with van der Waals surface area (Å²) in [6.07, 6.45) is 2.06. The van der Waals surface area contributed by atoms with Crippen molar-refractivity contribution in [1.29, 1.82) is 0 Å². The van der Waals surface area contributed by atoms with Crippen molar-refractivity contribution in [3.05, 3.63) is 59.7 Å². The summed E-state index contributed by atoms with van der Waals surface area (Å²) in [5.74, 6) is 0.685. The van der Waals surface area contributed by atoms with E-state index in [0.717, 1.165) is 23.1 Å². The molecule has 0 aliphatic rings. The van der Waals surface area contributed by atoms with E-state index < -0.39 is 10.0 Å². The molecule has 1 atom stereocenters. The Labute approximate surface area is 154 Å². The number of rotatable bonds is 8. The molecule has 1 unspecified atom stereocenters. The quantitative estimate of drug-likeness (QED) is 0.742. The minimum Gasteiger partial charge on any atom is -0.497 e. The average Bonchev–Trinajstić information content (AvgIpc) is 2.59. The topological polar surface area (TPSA) is 84.5 Å². The highest BCUT2D eigenvalue weighted by atomic mass is 32.2. The van der Waals surface area contributed by atoms with Crippen molar-refractivity contribution in [1.82, 2.24) is 5.32 Å². The Morgan fingerprint density at radius 3 is 2.38 bits per heavy atom. The molecular formula is C19H24N2O4S. The first-order valence-corrected chi connectivity index (χ1v) is 10.2. The van der Waals surface area contributed by atoms with E-state index >= 15 is 0 Å². The van der Waals surface area contributed by atoms with Gasteiger partial charge in [-0.2, -0.15) is 0 Å². The van der Waals surface area contributed by atoms with Crippen LogP contribution in [0.2, 0.25) is 0 Å². The van der Waals surface area contributed by atoms with E-state index in [1.54, 1.807) is 25.3 Å². The molecule has 0 aromatic heterocycles. The van der Waals surface area contributed by atoms with Crippen molar-refractivity contribution in [2.75, 3.05) is 18.1 Å². The van der Waals surface area contributed by atoms with Crippen molar-refractivity contribution in [2.45, 2.75) is 25.8 Å². The van der Waals surface area contributed by atoms with Crippen LogP contribution in [0.1, 0.15) is 30.5 Å². The van der Waals surface area contributed by atoms with E-state index in [1.165, 1.54) is 0 Å². The molecule has 0 saturated heterocycles. The van der Waals surface area contributed by atoms with Crippen LogP contribution in [0.3, 0.4) is 0 Å². The first-order valence-electron chi connectivity index (χ1n) is 8.27. The van der Waals surface area contributed by atoms with Gasteiger partial charge in [0.25, 0.3) is 0 Å². The summed E-state index contributed by atoms with van der Waals surface area (Å²) in [7, 11) is -1.78. The highest BCUT2D eigenvalue weighted by molar-refractivity contribution is 7.92. The zero-order valence-corrected chi connectivity index (χ0v) is 16.0. The van der Waals surface area contributed by atoms with E-state index in [9.17, 15) is 13.2 Å². The number of para-hydroxylation sites is 1. The lowest BCUT2D eigenvalue weighted by Crippen LogP contribution is -2.27. The maximum absolute atomic E-state index is 12.2. The molecule has 7 heteroatoms. The molecule has 26 heavy (non-hydrogen) atoms. The first kappa shape index (κ1) is 19.8. The number of methoxy groups -OCH3 is 1. The molecule has 6 nitrogen and oxygen atoms in total. The molecule has 2 rings (SSSR count). The normalized spacial score (nSPS) is 12.3. The van der Waals surface area contributed by atoms with Gasteiger partial charge in [-0.1, -0.05) is 30.3 Å². The molecule has 2 aromatic rings. The Hall–Kier alpha value is -2.54. The second-order valence-corrected chi connectivity index (χ2v) is 7.85. The number of sulfonamides is 1. The van der Waals surface area contributed by atoms with Gasteiger partial charge in [0.05, 0.1) is 25.1 Å². The van der Waals surface area contributed by atoms with Crippen molar-refractivity contribution in [2.24, 2.45) is 0 Å². The Balaban J connectivity index is 1.96. The van der Waals surface area contributed by atoms with E-state index in [0.29, 0.717) is 18.5 Å². The third-order valence-electron chi connectivity index (χ3n) is 3.90. The summed E-state index contributed by atoms with van der Waals surface area (Å²) in [6, 6.07) is 14.3. The van der Waals surface area contributed by atoms with E-state index in [2.05, 4.69) is 10.0 Å². The number of carbonyl (C=O) groups excluding carboxylic acids is 1. The first-order chi connectivity index (χ1) is 12.3. The second kappa shape index (κ2) is 8.71. The van der Waals surface area contributed by atoms with Crippen LogP contribution >= 0.6 is 0 Å². The maximum Gasteiger partial charge on any atom is 0.229 e. The summed E-state index contributed by atoms with van der Waals surface area (Å²) < 4.78 is 30.6. The third kappa shape index (κ3) is 6.07. The molecule has 1 amide bonds. The Morgan fingerprint density at radius 2 is 1.77 bits per heavy atom. The lowest BCUT2D eigenvalue weighted by Gasteiger charge is -2.18. The zero-order chi connectivity index (χ0) is 19.2. The molecule has 0 heterocycles. The molecular weight excluding hydrogens is 352 g/mol. The molecule has 2 aromatic carbocycles. The zero-order valence-electron chi connectivity index (χ0n) is 15.2. The van der Waals surface area contributed by atoms with Crippen LogP contribution in [-0.4, -0.2) is 27.7 Å². The Kier molecular flexibility index (Phi) is 6.63. The Morgan fingerprint density at radius 1 is 1.12 bits per heavy atom. The predicted octanol–water partition coefficient (Wildman–Crippen LogP) is 2.88. The van der Waals surface area contributed by atoms with Crippen LogP contribution in [0.4, 0.5) is 5.69 Å². The number of hydrogen-bond acceptors (Lipinski definition) is 4. The van der Waals surface area contributed by atoms with Gasteiger partial charge in [0, 0.05) is 6.42 Å². The van der Waals surface area contributed by atoms with Gasteiger partial charge in [0.1, 0.15) is 5.75 Å². The van der Waals surface area contributed by atoms with Crippen molar-refractivity contribution in [3.63, 3.8) is 0 Å². The van der Waals surface area contributed by atoms with Gasteiger partial charge < -0.3 is 10.1 Å². The number of anilines is 1. The summed E-state index contributed by atoms with van der Waals surface area (Å²) in [5, 5.41) is 2.92. The van der Waals surface area contributed by atoms with Gasteiger partial charge in [0.15, 0.2) is 0 Å². The summed E-state index contributed by atoms with van der Waals surface area (Å²) in [6.45, 7) is 1.83. The van der Waals surface area contributed by atoms with E-state index in [1.807, 2.05) is 37.3 Å². The van der Waals surface area contributed by atoms with Crippen molar-refractivity contribution in [3.8, 4) is 5.75 Å². The van der Waals surface area contributed by atoms with Crippen LogP contribution in [0.25, 0.3) is 0 Å². The van der Waals surface area contributed by atoms with Gasteiger partial charge >= 0.3 is 0 Å². The third-order valence-corrected chi connectivity index (χ3v) is 4.49. The number of benzene rings is 2. The maximum atomic E-state index is 12.2. The number of aryl methyl sites for hydroxylation is 1. The predicted molar refractivity (Wildman–Crippen MR) is 103 cm³/mol. The fraction of sp³-hybridized carbons (Fsp3) is 0.316. The number of ether oxygens (including phenoxy) is 1. The average molecular weight is 376 g/mol. The fourth-order valence-corrected chi connectivity index (χ4v) is 3.19. The highest BCUT2D eigenvalue weighted by Gasteiger charge is 2.15. The van der Waals surface area contributed by atoms with Gasteiger partial charge in [-0.3, -0.25) is 9.52 Å². The van der Waals surface area contributed by atoms with Gasteiger partial charge in [0.2, 0.25) is 15.9 Å². The second-order valence-electron chi connectivity index (χ2n) is 6.10. The molecule has 0 bridgehead atoms. The van der Waals surface area contributed by atoms with Crippen LogP contribution in [0.15, 0.2) is 48.5 Å². The molecule has 0 aliphatic heterocycles. The standard InChI is InChI=1S/C19H24N2O4S/c1-14(17-6-4-5-7-18(17)21-26(3,23)24)20-19(22)13-10-15-8-11-16(25-2)12-9-15/h4-9,11-12,14,21H,10,13H2,1-3H3,(H,20,22). The number of nitrogens with one attached hydrogen (secondary N) is 2. The number of hydrogen-bond donors (Lipinski definition) is 2. The van der Waals surface area contributed by atoms with Gasteiger partial charge in [-0.15, -0.1) is 0 Å². The van der Waals surface area contributed by atoms with Gasteiger partial charge in [-0.25, -0.2) is 8.42 Å². The summed E-state index contributed by atoms with van der Waals surface area (Å²) in [5.41, 5.74) is 2.24. The highest BCUT2D eigenvalue weighted by Crippen LogP contribution is 2.23.